The van der Waals surface area contributed by atoms with Crippen LogP contribution in [0.1, 0.15) is 36.9 Å². The van der Waals surface area contributed by atoms with Crippen LogP contribution in [0.15, 0.2) is 60.7 Å². The van der Waals surface area contributed by atoms with Crippen LogP contribution in [0.3, 0.4) is 0 Å². The Hall–Kier alpha value is -3.94. The standard InChI is InChI=1S/C26H28N4O4/c1-30-23(17-27-24(31)15-10-18-6-3-2-4-7-18)25(28-29-30)19-11-13-21(14-12-19)34-22-9-5-8-20(16-22)26(32)33/h2-4,6-7,10-15,20,22H,5,8-9,16-17H2,1H3,(H,27,31)(H,32,33)/b15-10+. The third kappa shape index (κ3) is 5.89. The first kappa shape index (κ1) is 23.2. The number of nitrogens with one attached hydrogen (secondary N) is 1. The van der Waals surface area contributed by atoms with Gasteiger partial charge in [-0.1, -0.05) is 35.5 Å². The van der Waals surface area contributed by atoms with Crippen molar-refractivity contribution in [2.45, 2.75) is 38.3 Å². The molecule has 0 saturated heterocycles. The van der Waals surface area contributed by atoms with E-state index in [1.54, 1.807) is 17.8 Å². The second-order valence-electron chi connectivity index (χ2n) is 8.44. The maximum Gasteiger partial charge on any atom is 0.306 e. The molecule has 2 aromatic carbocycles. The van der Waals surface area contributed by atoms with Gasteiger partial charge in [-0.25, -0.2) is 4.68 Å². The number of ether oxygens (including phenoxy) is 1. The van der Waals surface area contributed by atoms with Crippen molar-refractivity contribution in [2.24, 2.45) is 13.0 Å². The van der Waals surface area contributed by atoms with E-state index in [-0.39, 0.29) is 24.5 Å². The predicted octanol–water partition coefficient (Wildman–Crippen LogP) is 3.83. The first-order valence-electron chi connectivity index (χ1n) is 11.4. The number of hydrogen-bond acceptors (Lipinski definition) is 5. The lowest BCUT2D eigenvalue weighted by molar-refractivity contribution is -0.143. The summed E-state index contributed by atoms with van der Waals surface area (Å²) in [5.41, 5.74) is 3.28. The molecule has 0 aliphatic heterocycles. The van der Waals surface area contributed by atoms with Crippen LogP contribution in [0.25, 0.3) is 17.3 Å². The van der Waals surface area contributed by atoms with Crippen LogP contribution in [0.2, 0.25) is 0 Å². The fourth-order valence-corrected chi connectivity index (χ4v) is 4.13. The maximum absolute atomic E-state index is 12.3. The van der Waals surface area contributed by atoms with Crippen molar-refractivity contribution < 1.29 is 19.4 Å². The predicted molar refractivity (Wildman–Crippen MR) is 128 cm³/mol. The molecule has 1 heterocycles. The fraction of sp³-hybridized carbons (Fsp3) is 0.308. The zero-order chi connectivity index (χ0) is 23.9. The molecule has 0 radical (unpaired) electrons. The van der Waals surface area contributed by atoms with Crippen molar-refractivity contribution in [1.82, 2.24) is 20.3 Å². The van der Waals surface area contributed by atoms with Crippen LogP contribution in [0.5, 0.6) is 5.75 Å². The van der Waals surface area contributed by atoms with E-state index in [1.165, 1.54) is 6.08 Å². The normalized spacial score (nSPS) is 18.0. The third-order valence-corrected chi connectivity index (χ3v) is 6.01. The minimum atomic E-state index is -0.749. The highest BCUT2D eigenvalue weighted by Gasteiger charge is 2.28. The van der Waals surface area contributed by atoms with Crippen molar-refractivity contribution in [3.63, 3.8) is 0 Å². The van der Waals surface area contributed by atoms with Crippen LogP contribution in [0, 0.1) is 5.92 Å². The van der Waals surface area contributed by atoms with Crippen LogP contribution >= 0.6 is 0 Å². The third-order valence-electron chi connectivity index (χ3n) is 6.01. The highest BCUT2D eigenvalue weighted by Crippen LogP contribution is 2.29. The van der Waals surface area contributed by atoms with Crippen LogP contribution < -0.4 is 10.1 Å². The van der Waals surface area contributed by atoms with E-state index in [1.807, 2.05) is 54.6 Å². The highest BCUT2D eigenvalue weighted by atomic mass is 16.5. The molecule has 1 aliphatic rings. The number of carbonyl (C=O) groups is 2. The number of carbonyl (C=O) groups excluding carboxylic acids is 1. The number of amides is 1. The molecule has 1 amide bonds. The fourth-order valence-electron chi connectivity index (χ4n) is 4.13. The zero-order valence-electron chi connectivity index (χ0n) is 19.1. The number of aliphatic carboxylic acids is 1. The van der Waals surface area contributed by atoms with Crippen LogP contribution in [-0.4, -0.2) is 38.1 Å². The molecule has 1 aromatic heterocycles. The summed E-state index contributed by atoms with van der Waals surface area (Å²) in [6.45, 7) is 0.285. The zero-order valence-corrected chi connectivity index (χ0v) is 19.1. The molecule has 3 aromatic rings. The molecule has 0 spiro atoms. The Morgan fingerprint density at radius 2 is 1.91 bits per heavy atom. The average Bonchev–Trinajstić information content (AvgIpc) is 3.23. The molecule has 2 N–H and O–H groups in total. The van der Waals surface area contributed by atoms with E-state index in [0.29, 0.717) is 24.3 Å². The van der Waals surface area contributed by atoms with Gasteiger partial charge in [-0.3, -0.25) is 9.59 Å². The van der Waals surface area contributed by atoms with Gasteiger partial charge >= 0.3 is 5.97 Å². The summed E-state index contributed by atoms with van der Waals surface area (Å²) in [4.78, 5) is 23.6. The van der Waals surface area contributed by atoms with Crippen molar-refractivity contribution in [1.29, 1.82) is 0 Å². The van der Waals surface area contributed by atoms with Gasteiger partial charge in [0.25, 0.3) is 0 Å². The van der Waals surface area contributed by atoms with Crippen molar-refractivity contribution in [3.05, 3.63) is 71.9 Å². The maximum atomic E-state index is 12.3. The number of benzene rings is 2. The largest absolute Gasteiger partial charge is 0.490 e. The molecule has 0 bridgehead atoms. The minimum Gasteiger partial charge on any atom is -0.490 e. The monoisotopic (exact) mass is 460 g/mol. The molecule has 176 valence electrons. The van der Waals surface area contributed by atoms with E-state index >= 15 is 0 Å². The first-order valence-corrected chi connectivity index (χ1v) is 11.4. The lowest BCUT2D eigenvalue weighted by atomic mass is 9.87. The average molecular weight is 461 g/mol. The number of carboxylic acid groups (broad SMARTS) is 1. The Morgan fingerprint density at radius 1 is 1.15 bits per heavy atom. The Bertz CT molecular complexity index is 1160. The summed E-state index contributed by atoms with van der Waals surface area (Å²) in [5.74, 6) is -0.587. The summed E-state index contributed by atoms with van der Waals surface area (Å²) in [7, 11) is 1.79. The summed E-state index contributed by atoms with van der Waals surface area (Å²) < 4.78 is 7.68. The number of nitrogens with zero attached hydrogens (tertiary/aromatic N) is 3. The van der Waals surface area contributed by atoms with Gasteiger partial charge in [-0.2, -0.15) is 0 Å². The van der Waals surface area contributed by atoms with Gasteiger partial charge in [0.05, 0.1) is 24.3 Å². The molecular formula is C26H28N4O4. The van der Waals surface area contributed by atoms with Crippen molar-refractivity contribution >= 4 is 18.0 Å². The Labute approximate surface area is 198 Å². The molecular weight excluding hydrogens is 432 g/mol. The van der Waals surface area contributed by atoms with Gasteiger partial charge < -0.3 is 15.2 Å². The second-order valence-corrected chi connectivity index (χ2v) is 8.44. The number of rotatable bonds is 8. The smallest absolute Gasteiger partial charge is 0.306 e. The van der Waals surface area contributed by atoms with E-state index in [2.05, 4.69) is 15.6 Å². The molecule has 8 heteroatoms. The van der Waals surface area contributed by atoms with Gasteiger partial charge in [-0.15, -0.1) is 5.10 Å². The van der Waals surface area contributed by atoms with E-state index in [9.17, 15) is 14.7 Å². The van der Waals surface area contributed by atoms with Gasteiger partial charge in [0, 0.05) is 18.7 Å². The summed E-state index contributed by atoms with van der Waals surface area (Å²) >= 11 is 0. The molecule has 2 unspecified atom stereocenters. The molecule has 1 fully saturated rings. The summed E-state index contributed by atoms with van der Waals surface area (Å²) in [6, 6.07) is 17.1. The minimum absolute atomic E-state index is 0.0908. The number of carboxylic acids is 1. The molecule has 4 rings (SSSR count). The quantitative estimate of drug-likeness (QED) is 0.495. The summed E-state index contributed by atoms with van der Waals surface area (Å²) in [6.07, 6.45) is 6.14. The Kier molecular flexibility index (Phi) is 7.37. The van der Waals surface area contributed by atoms with Crippen molar-refractivity contribution in [3.8, 4) is 17.0 Å². The van der Waals surface area contributed by atoms with Crippen LogP contribution in [0.4, 0.5) is 0 Å². The van der Waals surface area contributed by atoms with Gasteiger partial charge in [0.1, 0.15) is 11.4 Å². The van der Waals surface area contributed by atoms with Crippen LogP contribution in [-0.2, 0) is 23.2 Å². The molecule has 34 heavy (non-hydrogen) atoms. The number of aromatic nitrogens is 3. The number of hydrogen-bond donors (Lipinski definition) is 2. The highest BCUT2D eigenvalue weighted by molar-refractivity contribution is 5.91. The lowest BCUT2D eigenvalue weighted by Crippen LogP contribution is -2.29. The number of aryl methyl sites for hydroxylation is 1. The second kappa shape index (κ2) is 10.8. The SMILES string of the molecule is Cn1nnc(-c2ccc(OC3CCCC(C(=O)O)C3)cc2)c1CNC(=O)/C=C/c1ccccc1. The van der Waals surface area contributed by atoms with Gasteiger partial charge in [0.2, 0.25) is 5.91 Å². The van der Waals surface area contributed by atoms with Crippen molar-refractivity contribution in [2.75, 3.05) is 0 Å². The molecule has 1 saturated carbocycles. The van der Waals surface area contributed by atoms with E-state index in [4.69, 9.17) is 4.74 Å². The molecule has 1 aliphatic carbocycles. The van der Waals surface area contributed by atoms with Gasteiger partial charge in [-0.05, 0) is 61.6 Å². The Balaban J connectivity index is 1.38. The van der Waals surface area contributed by atoms with E-state index in [0.717, 1.165) is 29.7 Å². The first-order chi connectivity index (χ1) is 16.5. The van der Waals surface area contributed by atoms with Gasteiger partial charge in [0.15, 0.2) is 0 Å². The molecule has 8 nitrogen and oxygen atoms in total. The topological polar surface area (TPSA) is 106 Å². The summed E-state index contributed by atoms with van der Waals surface area (Å²) in [5, 5.41) is 20.5. The lowest BCUT2D eigenvalue weighted by Gasteiger charge is -2.27. The van der Waals surface area contributed by atoms with E-state index < -0.39 is 5.97 Å². The Morgan fingerprint density at radius 3 is 2.65 bits per heavy atom. The molecule has 2 atom stereocenters.